The van der Waals surface area contributed by atoms with Gasteiger partial charge in [0.2, 0.25) is 0 Å². The van der Waals surface area contributed by atoms with E-state index in [1.165, 1.54) is 44.1 Å². The molecule has 0 heterocycles. The highest BCUT2D eigenvalue weighted by atomic mass is 32.1. The number of fused-ring (bicyclic) bond motifs is 1. The summed E-state index contributed by atoms with van der Waals surface area (Å²) in [4.78, 5) is 0. The topological polar surface area (TPSA) is 0 Å². The Kier molecular flexibility index (Phi) is 5.16. The fourth-order valence-electron chi connectivity index (χ4n) is 4.37. The summed E-state index contributed by atoms with van der Waals surface area (Å²) in [5.74, 6) is 3.40. The average Bonchev–Trinajstić information content (AvgIpc) is 2.33. The molecule has 0 amide bonds. The van der Waals surface area contributed by atoms with Gasteiger partial charge in [-0.1, -0.05) is 38.8 Å². The van der Waals surface area contributed by atoms with Gasteiger partial charge in [0.15, 0.2) is 0 Å². The van der Waals surface area contributed by atoms with Gasteiger partial charge in [0, 0.05) is 5.25 Å². The van der Waals surface area contributed by atoms with Crippen LogP contribution in [0.25, 0.3) is 0 Å². The third-order valence-corrected chi connectivity index (χ3v) is 6.18. The average molecular weight is 285 g/mol. The molecule has 2 aliphatic rings. The quantitative estimate of drug-likeness (QED) is 0.528. The Morgan fingerprint density at radius 3 is 2.78 bits per heavy atom. The van der Waals surface area contributed by atoms with Crippen LogP contribution in [0.15, 0.2) is 12.2 Å². The predicted octanol–water partition coefficient (Wildman–Crippen LogP) is 5.01. The maximum atomic E-state index is 4.85. The van der Waals surface area contributed by atoms with Crippen LogP contribution in [0.5, 0.6) is 0 Å². The Balaban J connectivity index is 2.06. The molecule has 104 valence electrons. The van der Waals surface area contributed by atoms with E-state index in [4.69, 9.17) is 12.6 Å². The van der Waals surface area contributed by atoms with Crippen LogP contribution >= 0.6 is 25.3 Å². The second-order valence-corrected chi connectivity index (χ2v) is 8.08. The summed E-state index contributed by atoms with van der Waals surface area (Å²) in [6.45, 7) is 8.90. The van der Waals surface area contributed by atoms with Gasteiger partial charge in [0.1, 0.15) is 0 Å². The molecule has 18 heavy (non-hydrogen) atoms. The SMILES string of the molecule is C=C1CC(C)C2C(CCC(C)S)CCCC2C1S. The van der Waals surface area contributed by atoms with Gasteiger partial charge in [0.05, 0.1) is 0 Å². The lowest BCUT2D eigenvalue weighted by Gasteiger charge is -2.49. The van der Waals surface area contributed by atoms with Gasteiger partial charge >= 0.3 is 0 Å². The maximum Gasteiger partial charge on any atom is 0.0254 e. The normalized spacial score (nSPS) is 42.4. The van der Waals surface area contributed by atoms with Gasteiger partial charge in [0.25, 0.3) is 0 Å². The molecule has 2 saturated carbocycles. The van der Waals surface area contributed by atoms with Crippen molar-refractivity contribution in [2.75, 3.05) is 0 Å². The molecule has 0 N–H and O–H groups in total. The first-order valence-electron chi connectivity index (χ1n) is 7.54. The van der Waals surface area contributed by atoms with Crippen LogP contribution in [0.3, 0.4) is 0 Å². The van der Waals surface area contributed by atoms with Gasteiger partial charge in [-0.15, -0.1) is 0 Å². The van der Waals surface area contributed by atoms with E-state index < -0.39 is 0 Å². The minimum atomic E-state index is 0.461. The number of hydrogen-bond acceptors (Lipinski definition) is 2. The van der Waals surface area contributed by atoms with Crippen molar-refractivity contribution in [1.82, 2.24) is 0 Å². The molecule has 2 aliphatic carbocycles. The largest absolute Gasteiger partial charge is 0.176 e. The molecule has 0 aromatic rings. The van der Waals surface area contributed by atoms with Crippen molar-refractivity contribution in [2.24, 2.45) is 23.7 Å². The Bertz CT molecular complexity index is 297. The molecule has 0 nitrogen and oxygen atoms in total. The van der Waals surface area contributed by atoms with Gasteiger partial charge in [-0.25, -0.2) is 0 Å². The van der Waals surface area contributed by atoms with Crippen molar-refractivity contribution in [2.45, 2.75) is 62.9 Å². The Morgan fingerprint density at radius 1 is 1.39 bits per heavy atom. The molecule has 2 rings (SSSR count). The Labute approximate surface area is 124 Å². The molecule has 0 bridgehead atoms. The van der Waals surface area contributed by atoms with Crippen LogP contribution < -0.4 is 0 Å². The van der Waals surface area contributed by atoms with Crippen LogP contribution in [0, 0.1) is 23.7 Å². The molecule has 6 atom stereocenters. The summed E-state index contributed by atoms with van der Waals surface area (Å²) in [6.07, 6.45) is 8.02. The monoisotopic (exact) mass is 284 g/mol. The second kappa shape index (κ2) is 6.26. The van der Waals surface area contributed by atoms with E-state index in [0.717, 1.165) is 23.7 Å². The van der Waals surface area contributed by atoms with E-state index in [1.54, 1.807) is 0 Å². The van der Waals surface area contributed by atoms with Crippen LogP contribution in [0.4, 0.5) is 0 Å². The van der Waals surface area contributed by atoms with Crippen LogP contribution in [-0.2, 0) is 0 Å². The van der Waals surface area contributed by atoms with E-state index in [2.05, 4.69) is 33.1 Å². The predicted molar refractivity (Wildman–Crippen MR) is 87.7 cm³/mol. The number of rotatable bonds is 3. The van der Waals surface area contributed by atoms with Crippen molar-refractivity contribution in [3.05, 3.63) is 12.2 Å². The van der Waals surface area contributed by atoms with E-state index in [0.29, 0.717) is 10.5 Å². The van der Waals surface area contributed by atoms with E-state index >= 15 is 0 Å². The van der Waals surface area contributed by atoms with E-state index in [1.807, 2.05) is 0 Å². The lowest BCUT2D eigenvalue weighted by Crippen LogP contribution is -2.42. The molecule has 0 spiro atoms. The van der Waals surface area contributed by atoms with Gasteiger partial charge in [-0.3, -0.25) is 0 Å². The number of hydrogen-bond donors (Lipinski definition) is 2. The molecule has 0 aromatic heterocycles. The first-order chi connectivity index (χ1) is 8.50. The summed E-state index contributed by atoms with van der Waals surface area (Å²) in [7, 11) is 0. The van der Waals surface area contributed by atoms with Gasteiger partial charge in [-0.05, 0) is 54.6 Å². The highest BCUT2D eigenvalue weighted by molar-refractivity contribution is 7.81. The fourth-order valence-corrected chi connectivity index (χ4v) is 4.97. The molecule has 0 saturated heterocycles. The summed E-state index contributed by atoms with van der Waals surface area (Å²) < 4.78 is 0. The molecular weight excluding hydrogens is 256 g/mol. The van der Waals surface area contributed by atoms with Crippen LogP contribution in [0.2, 0.25) is 0 Å². The summed E-state index contributed by atoms with van der Waals surface area (Å²) in [5.41, 5.74) is 1.38. The fraction of sp³-hybridized carbons (Fsp3) is 0.875. The summed E-state index contributed by atoms with van der Waals surface area (Å²) in [5, 5.41) is 1.01. The first kappa shape index (κ1) is 14.8. The Morgan fingerprint density at radius 2 is 2.11 bits per heavy atom. The second-order valence-electron chi connectivity index (χ2n) is 6.64. The zero-order valence-electron chi connectivity index (χ0n) is 11.8. The Hall–Kier alpha value is 0.440. The summed E-state index contributed by atoms with van der Waals surface area (Å²) in [6, 6.07) is 0. The smallest absolute Gasteiger partial charge is 0.0254 e. The minimum Gasteiger partial charge on any atom is -0.176 e. The van der Waals surface area contributed by atoms with Crippen molar-refractivity contribution in [1.29, 1.82) is 0 Å². The van der Waals surface area contributed by atoms with E-state index in [-0.39, 0.29) is 0 Å². The molecule has 0 aliphatic heterocycles. The van der Waals surface area contributed by atoms with Crippen molar-refractivity contribution in [3.63, 3.8) is 0 Å². The zero-order chi connectivity index (χ0) is 13.3. The molecule has 0 radical (unpaired) electrons. The van der Waals surface area contributed by atoms with Crippen molar-refractivity contribution >= 4 is 25.3 Å². The third kappa shape index (κ3) is 3.12. The first-order valence-corrected chi connectivity index (χ1v) is 8.57. The van der Waals surface area contributed by atoms with Crippen molar-refractivity contribution in [3.8, 4) is 0 Å². The molecule has 2 heteroatoms. The molecule has 0 aromatic carbocycles. The molecular formula is C16H28S2. The lowest BCUT2D eigenvalue weighted by atomic mass is 9.59. The summed E-state index contributed by atoms with van der Waals surface area (Å²) >= 11 is 9.39. The molecule has 6 unspecified atom stereocenters. The lowest BCUT2D eigenvalue weighted by molar-refractivity contribution is 0.0749. The van der Waals surface area contributed by atoms with Gasteiger partial charge in [-0.2, -0.15) is 25.3 Å². The van der Waals surface area contributed by atoms with Crippen molar-refractivity contribution < 1.29 is 0 Å². The zero-order valence-corrected chi connectivity index (χ0v) is 13.6. The van der Waals surface area contributed by atoms with Crippen LogP contribution in [-0.4, -0.2) is 10.5 Å². The van der Waals surface area contributed by atoms with E-state index in [9.17, 15) is 0 Å². The van der Waals surface area contributed by atoms with Gasteiger partial charge < -0.3 is 0 Å². The number of thiol groups is 2. The third-order valence-electron chi connectivity index (χ3n) is 5.17. The highest BCUT2D eigenvalue weighted by Gasteiger charge is 2.43. The molecule has 2 fully saturated rings. The standard InChI is InChI=1S/C16H28S2/c1-10-9-11(2)16(18)14-6-4-5-13(15(10)14)8-7-12(3)17/h10,12-18H,2,4-9H2,1,3H3. The van der Waals surface area contributed by atoms with Crippen LogP contribution in [0.1, 0.15) is 52.4 Å². The maximum absolute atomic E-state index is 4.85. The minimum absolute atomic E-state index is 0.461. The highest BCUT2D eigenvalue weighted by Crippen LogP contribution is 2.51.